The van der Waals surface area contributed by atoms with Crippen LogP contribution in [0.2, 0.25) is 0 Å². The molecule has 2 aromatic heterocycles. The summed E-state index contributed by atoms with van der Waals surface area (Å²) in [6.07, 6.45) is -5.93. The first kappa shape index (κ1) is 14.3. The molecule has 0 radical (unpaired) electrons. The van der Waals surface area contributed by atoms with Gasteiger partial charge in [0.2, 0.25) is 0 Å². The second-order valence-corrected chi connectivity index (χ2v) is 3.92. The number of hydrogen-bond donors (Lipinski definition) is 0. The molecule has 8 heteroatoms. The van der Waals surface area contributed by atoms with Crippen LogP contribution in [0.4, 0.5) is 26.3 Å². The Bertz CT molecular complexity index is 562. The highest BCUT2D eigenvalue weighted by molar-refractivity contribution is 5.63. The van der Waals surface area contributed by atoms with E-state index in [2.05, 4.69) is 9.97 Å². The number of hydrogen-bond acceptors (Lipinski definition) is 2. The Morgan fingerprint density at radius 3 is 1.25 bits per heavy atom. The fourth-order valence-electron chi connectivity index (χ4n) is 1.51. The van der Waals surface area contributed by atoms with Gasteiger partial charge in [-0.05, 0) is 12.1 Å². The van der Waals surface area contributed by atoms with Gasteiger partial charge in [-0.2, -0.15) is 26.3 Å². The molecule has 20 heavy (non-hydrogen) atoms. The van der Waals surface area contributed by atoms with Gasteiger partial charge in [-0.15, -0.1) is 0 Å². The van der Waals surface area contributed by atoms with Gasteiger partial charge < -0.3 is 0 Å². The van der Waals surface area contributed by atoms with E-state index in [0.717, 1.165) is 24.5 Å². The number of halogens is 6. The van der Waals surface area contributed by atoms with E-state index >= 15 is 0 Å². The molecule has 0 aliphatic carbocycles. The van der Waals surface area contributed by atoms with E-state index < -0.39 is 23.5 Å². The zero-order valence-corrected chi connectivity index (χ0v) is 9.63. The smallest absolute Gasteiger partial charge is 0.263 e. The summed E-state index contributed by atoms with van der Waals surface area (Å²) in [7, 11) is 0. The molecule has 0 saturated carbocycles. The van der Waals surface area contributed by atoms with Crippen molar-refractivity contribution in [3.05, 3.63) is 48.0 Å². The molecule has 2 heterocycles. The first-order valence-electron chi connectivity index (χ1n) is 5.23. The molecule has 2 rings (SSSR count). The summed E-state index contributed by atoms with van der Waals surface area (Å²) < 4.78 is 75.1. The lowest BCUT2D eigenvalue weighted by molar-refractivity contribution is -0.138. The number of alkyl halides is 6. The summed E-state index contributed by atoms with van der Waals surface area (Å²) in [5, 5.41) is 0. The van der Waals surface area contributed by atoms with Crippen LogP contribution in [0, 0.1) is 0 Å². The molecule has 106 valence electrons. The zero-order chi connectivity index (χ0) is 15.0. The maximum Gasteiger partial charge on any atom is 0.417 e. The average Bonchev–Trinajstić information content (AvgIpc) is 2.37. The fourth-order valence-corrected chi connectivity index (χ4v) is 1.51. The normalized spacial score (nSPS) is 12.5. The van der Waals surface area contributed by atoms with Crippen LogP contribution < -0.4 is 0 Å². The monoisotopic (exact) mass is 292 g/mol. The third-order valence-electron chi connectivity index (χ3n) is 2.46. The molecule has 0 aliphatic heterocycles. The van der Waals surface area contributed by atoms with Gasteiger partial charge in [0.05, 0.1) is 11.1 Å². The molecule has 0 aromatic carbocycles. The lowest BCUT2D eigenvalue weighted by atomic mass is 10.1. The van der Waals surface area contributed by atoms with Crippen LogP contribution in [0.5, 0.6) is 0 Å². The maximum absolute atomic E-state index is 12.5. The third-order valence-corrected chi connectivity index (χ3v) is 2.46. The number of pyridine rings is 2. The minimum atomic E-state index is -4.61. The Balaban J connectivity index is 2.47. The number of rotatable bonds is 1. The quantitative estimate of drug-likeness (QED) is 0.737. The van der Waals surface area contributed by atoms with E-state index in [9.17, 15) is 26.3 Å². The first-order valence-corrected chi connectivity index (χ1v) is 5.23. The van der Waals surface area contributed by atoms with Crippen molar-refractivity contribution in [2.24, 2.45) is 0 Å². The summed E-state index contributed by atoms with van der Waals surface area (Å²) >= 11 is 0. The van der Waals surface area contributed by atoms with Gasteiger partial charge >= 0.3 is 12.4 Å². The van der Waals surface area contributed by atoms with Crippen LogP contribution in [0.1, 0.15) is 11.1 Å². The van der Waals surface area contributed by atoms with E-state index in [-0.39, 0.29) is 11.1 Å². The highest BCUT2D eigenvalue weighted by Crippen LogP contribution is 2.33. The largest absolute Gasteiger partial charge is 0.417 e. The molecule has 2 aromatic rings. The van der Waals surface area contributed by atoms with E-state index in [4.69, 9.17) is 0 Å². The Morgan fingerprint density at radius 1 is 0.600 bits per heavy atom. The minimum absolute atomic E-state index is 0.0848. The maximum atomic E-state index is 12.5. The Labute approximate surface area is 109 Å². The van der Waals surface area contributed by atoms with Gasteiger partial charge in [-0.25, -0.2) is 0 Å². The van der Waals surface area contributed by atoms with Crippen molar-refractivity contribution in [3.8, 4) is 11.1 Å². The SMILES string of the molecule is FC(F)(F)c1cncc(-c2cncc(C(F)(F)F)c2)c1. The summed E-state index contributed by atoms with van der Waals surface area (Å²) in [6, 6.07) is 1.45. The van der Waals surface area contributed by atoms with Crippen molar-refractivity contribution in [3.63, 3.8) is 0 Å². The molecule has 0 atom stereocenters. The standard InChI is InChI=1S/C12H6F6N2/c13-11(14,15)9-1-7(3-19-5-9)8-2-10(6-20-4-8)12(16,17)18/h1-6H. The van der Waals surface area contributed by atoms with Crippen molar-refractivity contribution in [2.75, 3.05) is 0 Å². The van der Waals surface area contributed by atoms with Crippen LogP contribution >= 0.6 is 0 Å². The lowest BCUT2D eigenvalue weighted by Gasteiger charge is -2.10. The highest BCUT2D eigenvalue weighted by atomic mass is 19.4. The predicted octanol–water partition coefficient (Wildman–Crippen LogP) is 4.18. The van der Waals surface area contributed by atoms with Gasteiger partial charge in [0.15, 0.2) is 0 Å². The topological polar surface area (TPSA) is 25.8 Å². The van der Waals surface area contributed by atoms with E-state index in [1.54, 1.807) is 0 Å². The Hall–Kier alpha value is -2.12. The van der Waals surface area contributed by atoms with Gasteiger partial charge in [0, 0.05) is 35.9 Å². The summed E-state index contributed by atoms with van der Waals surface area (Å²) in [5.41, 5.74) is -2.24. The molecule has 0 saturated heterocycles. The molecule has 0 bridgehead atoms. The second-order valence-electron chi connectivity index (χ2n) is 3.92. The van der Waals surface area contributed by atoms with Crippen molar-refractivity contribution in [1.29, 1.82) is 0 Å². The number of aromatic nitrogens is 2. The van der Waals surface area contributed by atoms with E-state index in [1.807, 2.05) is 0 Å². The molecule has 0 N–H and O–H groups in total. The van der Waals surface area contributed by atoms with Gasteiger partial charge in [-0.3, -0.25) is 9.97 Å². The predicted molar refractivity (Wildman–Crippen MR) is 57.5 cm³/mol. The molecule has 0 unspecified atom stereocenters. The van der Waals surface area contributed by atoms with E-state index in [1.165, 1.54) is 0 Å². The van der Waals surface area contributed by atoms with Crippen molar-refractivity contribution in [1.82, 2.24) is 9.97 Å². The Morgan fingerprint density at radius 2 is 0.950 bits per heavy atom. The summed E-state index contributed by atoms with van der Waals surface area (Å²) in [4.78, 5) is 6.78. The third kappa shape index (κ3) is 3.06. The minimum Gasteiger partial charge on any atom is -0.263 e. The van der Waals surface area contributed by atoms with Crippen LogP contribution in [0.3, 0.4) is 0 Å². The van der Waals surface area contributed by atoms with Gasteiger partial charge in [0.1, 0.15) is 0 Å². The van der Waals surface area contributed by atoms with Crippen molar-refractivity contribution in [2.45, 2.75) is 12.4 Å². The molecule has 0 spiro atoms. The number of nitrogens with zero attached hydrogens (tertiary/aromatic N) is 2. The van der Waals surface area contributed by atoms with E-state index in [0.29, 0.717) is 12.4 Å². The molecule has 2 nitrogen and oxygen atoms in total. The second kappa shape index (κ2) is 4.77. The van der Waals surface area contributed by atoms with Crippen LogP contribution in [0.15, 0.2) is 36.9 Å². The lowest BCUT2D eigenvalue weighted by Crippen LogP contribution is -2.07. The molecule has 0 aliphatic rings. The van der Waals surface area contributed by atoms with Gasteiger partial charge in [0.25, 0.3) is 0 Å². The summed E-state index contributed by atoms with van der Waals surface area (Å²) in [5.74, 6) is 0. The zero-order valence-electron chi connectivity index (χ0n) is 9.63. The highest BCUT2D eigenvalue weighted by Gasteiger charge is 2.32. The molecule has 0 fully saturated rings. The van der Waals surface area contributed by atoms with Gasteiger partial charge in [-0.1, -0.05) is 0 Å². The van der Waals surface area contributed by atoms with Crippen LogP contribution in [-0.2, 0) is 12.4 Å². The molecular weight excluding hydrogens is 286 g/mol. The molecule has 0 amide bonds. The van der Waals surface area contributed by atoms with Crippen LogP contribution in [0.25, 0.3) is 11.1 Å². The van der Waals surface area contributed by atoms with Crippen LogP contribution in [-0.4, -0.2) is 9.97 Å². The Kier molecular flexibility index (Phi) is 3.41. The molecular formula is C12H6F6N2. The van der Waals surface area contributed by atoms with Crippen molar-refractivity contribution >= 4 is 0 Å². The first-order chi connectivity index (χ1) is 9.18. The average molecular weight is 292 g/mol. The summed E-state index contributed by atoms with van der Waals surface area (Å²) in [6.45, 7) is 0. The van der Waals surface area contributed by atoms with Crippen molar-refractivity contribution < 1.29 is 26.3 Å². The fraction of sp³-hybridized carbons (Fsp3) is 0.167.